The van der Waals surface area contributed by atoms with Crippen LogP contribution in [0.15, 0.2) is 65.8 Å². The largest absolute Gasteiger partial charge is 0.378 e. The van der Waals surface area contributed by atoms with E-state index >= 15 is 0 Å². The van der Waals surface area contributed by atoms with E-state index in [0.29, 0.717) is 24.4 Å². The molecule has 32 heavy (non-hydrogen) atoms. The number of rotatable bonds is 5. The summed E-state index contributed by atoms with van der Waals surface area (Å²) in [6, 6.07) is 17.6. The van der Waals surface area contributed by atoms with E-state index in [2.05, 4.69) is 81.4 Å². The average Bonchev–Trinajstić information content (AvgIpc) is 3.33. The molecule has 1 amide bonds. The fourth-order valence-corrected chi connectivity index (χ4v) is 5.38. The smallest absolute Gasteiger partial charge is 0.254 e. The van der Waals surface area contributed by atoms with Crippen LogP contribution in [0.1, 0.15) is 61.3 Å². The minimum absolute atomic E-state index is 0.0321. The summed E-state index contributed by atoms with van der Waals surface area (Å²) in [4.78, 5) is 14.5. The highest BCUT2D eigenvalue weighted by molar-refractivity contribution is 6.00. The fourth-order valence-electron chi connectivity index (χ4n) is 5.38. The van der Waals surface area contributed by atoms with E-state index in [4.69, 9.17) is 0 Å². The molecule has 2 N–H and O–H groups in total. The lowest BCUT2D eigenvalue weighted by Crippen LogP contribution is -2.38. The molecule has 1 saturated heterocycles. The summed E-state index contributed by atoms with van der Waals surface area (Å²) in [7, 11) is 0. The van der Waals surface area contributed by atoms with Crippen molar-refractivity contribution in [2.24, 2.45) is 11.0 Å². The monoisotopic (exact) mass is 428 g/mol. The average molecular weight is 429 g/mol. The zero-order valence-electron chi connectivity index (χ0n) is 18.8. The molecule has 5 heteroatoms. The molecule has 0 aromatic heterocycles. The van der Waals surface area contributed by atoms with Gasteiger partial charge in [-0.05, 0) is 74.0 Å². The van der Waals surface area contributed by atoms with Crippen LogP contribution in [0.3, 0.4) is 0 Å². The van der Waals surface area contributed by atoms with Crippen molar-refractivity contribution in [2.45, 2.75) is 44.6 Å². The summed E-state index contributed by atoms with van der Waals surface area (Å²) in [5.41, 5.74) is 8.51. The molecular weight excluding hydrogens is 396 g/mol. The summed E-state index contributed by atoms with van der Waals surface area (Å²) < 4.78 is 0. The second-order valence-corrected chi connectivity index (χ2v) is 9.26. The maximum Gasteiger partial charge on any atom is 0.254 e. The Balaban J connectivity index is 1.31. The normalized spacial score (nSPS) is 25.0. The van der Waals surface area contributed by atoms with E-state index in [-0.39, 0.29) is 5.91 Å². The summed E-state index contributed by atoms with van der Waals surface area (Å²) in [6.07, 6.45) is 9.39. The molecule has 1 aliphatic carbocycles. The molecule has 2 heterocycles. The van der Waals surface area contributed by atoms with Crippen molar-refractivity contribution in [1.82, 2.24) is 10.3 Å². The van der Waals surface area contributed by atoms with Gasteiger partial charge in [-0.2, -0.15) is 5.10 Å². The van der Waals surface area contributed by atoms with E-state index in [1.165, 1.54) is 36.1 Å². The molecular formula is C27H32N4O. The molecule has 2 aromatic carbocycles. The molecule has 0 unspecified atom stereocenters. The third kappa shape index (κ3) is 4.35. The van der Waals surface area contributed by atoms with Crippen LogP contribution in [0, 0.1) is 5.92 Å². The van der Waals surface area contributed by atoms with Gasteiger partial charge >= 0.3 is 0 Å². The number of allylic oxidation sites excluding steroid dienone is 2. The molecule has 166 valence electrons. The highest BCUT2D eigenvalue weighted by Gasteiger charge is 2.37. The van der Waals surface area contributed by atoms with Gasteiger partial charge in [0.25, 0.3) is 5.91 Å². The van der Waals surface area contributed by atoms with E-state index in [1.54, 1.807) is 0 Å². The van der Waals surface area contributed by atoms with Crippen molar-refractivity contribution in [2.75, 3.05) is 25.0 Å². The molecule has 0 radical (unpaired) electrons. The lowest BCUT2D eigenvalue weighted by Gasteiger charge is -2.37. The van der Waals surface area contributed by atoms with Gasteiger partial charge in [0.05, 0.1) is 18.3 Å². The number of fused-ring (bicyclic) bond motifs is 3. The van der Waals surface area contributed by atoms with Crippen molar-refractivity contribution < 1.29 is 4.79 Å². The second-order valence-electron chi connectivity index (χ2n) is 9.26. The Hall–Kier alpha value is -2.92. The van der Waals surface area contributed by atoms with Gasteiger partial charge in [-0.25, -0.2) is 5.43 Å². The quantitative estimate of drug-likeness (QED) is 0.407. The Bertz CT molecular complexity index is 1020. The number of carbonyl (C=O) groups is 1. The maximum absolute atomic E-state index is 12.3. The number of amides is 1. The van der Waals surface area contributed by atoms with E-state index in [0.717, 1.165) is 30.8 Å². The van der Waals surface area contributed by atoms with Crippen LogP contribution in [0.4, 0.5) is 5.69 Å². The summed E-state index contributed by atoms with van der Waals surface area (Å²) >= 11 is 0. The number of hydrogen-bond acceptors (Lipinski definition) is 4. The van der Waals surface area contributed by atoms with Crippen LogP contribution in [0.25, 0.3) is 0 Å². The van der Waals surface area contributed by atoms with E-state index in [9.17, 15) is 4.79 Å². The lowest BCUT2D eigenvalue weighted by atomic mass is 9.76. The molecule has 0 bridgehead atoms. The minimum atomic E-state index is -0.0321. The Kier molecular flexibility index (Phi) is 6.08. The molecule has 3 atom stereocenters. The zero-order chi connectivity index (χ0) is 21.9. The number of anilines is 1. The van der Waals surface area contributed by atoms with Gasteiger partial charge in [-0.1, -0.05) is 55.0 Å². The van der Waals surface area contributed by atoms with Crippen LogP contribution in [-0.4, -0.2) is 36.2 Å². The van der Waals surface area contributed by atoms with Crippen molar-refractivity contribution in [3.8, 4) is 0 Å². The zero-order valence-corrected chi connectivity index (χ0v) is 18.8. The van der Waals surface area contributed by atoms with Gasteiger partial charge in [0.2, 0.25) is 0 Å². The predicted octanol–water partition coefficient (Wildman–Crippen LogP) is 4.84. The molecule has 1 fully saturated rings. The van der Waals surface area contributed by atoms with Crippen molar-refractivity contribution in [1.29, 1.82) is 0 Å². The molecule has 5 rings (SSSR count). The molecule has 3 aliphatic rings. The van der Waals surface area contributed by atoms with Gasteiger partial charge in [-0.15, -0.1) is 0 Å². The standard InChI is InChI=1S/C27H32N4O/c1-19(29-30-26(32)18-31-15-6-3-7-16-31)21-13-14-25-24(17-21)22-11-8-12-23(22)27(28-25)20-9-4-2-5-10-20/h2,4-5,8-11,13-14,17,22-23,27-28H,3,6-7,12,15-16,18H2,1H3,(H,30,32)/b29-19-/t22-,23+,27+/m1/s1. The third-order valence-electron chi connectivity index (χ3n) is 7.10. The molecule has 2 aliphatic heterocycles. The van der Waals surface area contributed by atoms with E-state index < -0.39 is 0 Å². The SMILES string of the molecule is C/C(=N/NC(=O)CN1CCCCC1)c1ccc2c(c1)[C@@H]1C=CC[C@@H]1[C@H](c1ccccc1)N2. The predicted molar refractivity (Wildman–Crippen MR) is 130 cm³/mol. The number of carbonyl (C=O) groups excluding carboxylic acids is 1. The van der Waals surface area contributed by atoms with Gasteiger partial charge in [0.15, 0.2) is 0 Å². The summed E-state index contributed by atoms with van der Waals surface area (Å²) in [5, 5.41) is 8.20. The number of nitrogens with one attached hydrogen (secondary N) is 2. The number of hydrazone groups is 1. The first-order chi connectivity index (χ1) is 15.7. The van der Waals surface area contributed by atoms with Crippen LogP contribution in [0.2, 0.25) is 0 Å². The van der Waals surface area contributed by atoms with Crippen molar-refractivity contribution in [3.63, 3.8) is 0 Å². The summed E-state index contributed by atoms with van der Waals surface area (Å²) in [6.45, 7) is 4.41. The van der Waals surface area contributed by atoms with Crippen molar-refractivity contribution >= 4 is 17.3 Å². The Morgan fingerprint density at radius 2 is 1.94 bits per heavy atom. The number of likely N-dealkylation sites (tertiary alicyclic amines) is 1. The lowest BCUT2D eigenvalue weighted by molar-refractivity contribution is -0.122. The topological polar surface area (TPSA) is 56.7 Å². The Labute approximate surface area is 190 Å². The van der Waals surface area contributed by atoms with Gasteiger partial charge < -0.3 is 5.32 Å². The summed E-state index contributed by atoms with van der Waals surface area (Å²) in [5.74, 6) is 0.884. The number of hydrogen-bond donors (Lipinski definition) is 2. The fraction of sp³-hybridized carbons (Fsp3) is 0.407. The first kappa shape index (κ1) is 21.0. The van der Waals surface area contributed by atoms with Gasteiger partial charge in [-0.3, -0.25) is 9.69 Å². The number of piperidine rings is 1. The second kappa shape index (κ2) is 9.29. The molecule has 0 spiro atoms. The molecule has 2 aromatic rings. The third-order valence-corrected chi connectivity index (χ3v) is 7.10. The number of nitrogens with zero attached hydrogens (tertiary/aromatic N) is 2. The van der Waals surface area contributed by atoms with Gasteiger partial charge in [0.1, 0.15) is 0 Å². The van der Waals surface area contributed by atoms with Crippen molar-refractivity contribution in [3.05, 3.63) is 77.4 Å². The van der Waals surface area contributed by atoms with Gasteiger partial charge in [0, 0.05) is 11.6 Å². The maximum atomic E-state index is 12.3. The Morgan fingerprint density at radius 3 is 2.75 bits per heavy atom. The van der Waals surface area contributed by atoms with Crippen LogP contribution in [0.5, 0.6) is 0 Å². The molecule has 0 saturated carbocycles. The highest BCUT2D eigenvalue weighted by atomic mass is 16.2. The molecule has 5 nitrogen and oxygen atoms in total. The first-order valence-electron chi connectivity index (χ1n) is 11.9. The Morgan fingerprint density at radius 1 is 1.12 bits per heavy atom. The minimum Gasteiger partial charge on any atom is -0.378 e. The highest BCUT2D eigenvalue weighted by Crippen LogP contribution is 2.49. The number of benzene rings is 2. The van der Waals surface area contributed by atoms with E-state index in [1.807, 2.05) is 6.92 Å². The van der Waals surface area contributed by atoms with Crippen LogP contribution < -0.4 is 10.7 Å². The van der Waals surface area contributed by atoms with Crippen LogP contribution >= 0.6 is 0 Å². The van der Waals surface area contributed by atoms with Crippen LogP contribution in [-0.2, 0) is 4.79 Å². The first-order valence-corrected chi connectivity index (χ1v) is 11.9.